The molecule has 3 N–H and O–H groups in total. The Morgan fingerprint density at radius 1 is 1.11 bits per heavy atom. The maximum absolute atomic E-state index is 13.2. The maximum Gasteiger partial charge on any atom is 0.245 e. The topological polar surface area (TPSA) is 58.4 Å². The van der Waals surface area contributed by atoms with Gasteiger partial charge in [-0.15, -0.1) is 0 Å². The molecule has 3 rings (SSSR count). The first-order chi connectivity index (χ1) is 13.3. The van der Waals surface area contributed by atoms with E-state index in [2.05, 4.69) is 51.2 Å². The monoisotopic (exact) mass is 379 g/mol. The number of rotatable bonds is 6. The first kappa shape index (κ1) is 20.2. The van der Waals surface area contributed by atoms with Crippen LogP contribution in [0.4, 0.5) is 11.4 Å². The molecular formula is C24H33N3O. The van der Waals surface area contributed by atoms with Crippen molar-refractivity contribution in [3.63, 3.8) is 0 Å². The van der Waals surface area contributed by atoms with E-state index in [1.54, 1.807) is 0 Å². The summed E-state index contributed by atoms with van der Waals surface area (Å²) >= 11 is 0. The van der Waals surface area contributed by atoms with Crippen molar-refractivity contribution in [3.05, 3.63) is 48.0 Å². The molecule has 0 aromatic heterocycles. The lowest BCUT2D eigenvalue weighted by molar-refractivity contribution is -0.132. The molecule has 1 aliphatic rings. The van der Waals surface area contributed by atoms with Gasteiger partial charge in [0.15, 0.2) is 0 Å². The van der Waals surface area contributed by atoms with Gasteiger partial charge in [0.05, 0.1) is 0 Å². The van der Waals surface area contributed by atoms with E-state index in [4.69, 9.17) is 5.73 Å². The van der Waals surface area contributed by atoms with Crippen LogP contribution >= 0.6 is 0 Å². The van der Waals surface area contributed by atoms with Crippen LogP contribution in [0, 0.1) is 11.8 Å². The molecule has 0 unspecified atom stereocenters. The van der Waals surface area contributed by atoms with Crippen molar-refractivity contribution >= 4 is 17.3 Å². The van der Waals surface area contributed by atoms with Crippen molar-refractivity contribution in [2.45, 2.75) is 53.1 Å². The molecule has 0 saturated carbocycles. The summed E-state index contributed by atoms with van der Waals surface area (Å²) in [7, 11) is 0. The minimum Gasteiger partial charge on any atom is -0.398 e. The van der Waals surface area contributed by atoms with Crippen LogP contribution in [0.2, 0.25) is 0 Å². The molecule has 2 aromatic rings. The molecule has 0 bridgehead atoms. The Labute approximate surface area is 169 Å². The molecular weight excluding hydrogens is 346 g/mol. The Balaban J connectivity index is 1.99. The predicted octanol–water partition coefficient (Wildman–Crippen LogP) is 5.15. The summed E-state index contributed by atoms with van der Waals surface area (Å²) in [5, 5.41) is 3.51. The van der Waals surface area contributed by atoms with Gasteiger partial charge in [-0.2, -0.15) is 0 Å². The van der Waals surface area contributed by atoms with Crippen LogP contribution in [0.1, 0.15) is 46.1 Å². The first-order valence-electron chi connectivity index (χ1n) is 10.4. The Morgan fingerprint density at radius 2 is 1.82 bits per heavy atom. The second kappa shape index (κ2) is 8.68. The van der Waals surface area contributed by atoms with Crippen LogP contribution in [0.25, 0.3) is 11.1 Å². The molecule has 4 heteroatoms. The molecule has 1 aliphatic heterocycles. The number of hydrogen-bond acceptors (Lipinski definition) is 3. The Hall–Kier alpha value is -2.49. The van der Waals surface area contributed by atoms with Crippen molar-refractivity contribution in [2.24, 2.45) is 11.8 Å². The van der Waals surface area contributed by atoms with E-state index in [1.807, 2.05) is 29.2 Å². The highest BCUT2D eigenvalue weighted by Gasteiger charge is 2.30. The highest BCUT2D eigenvalue weighted by molar-refractivity contribution is 5.88. The number of hydrogen-bond donors (Lipinski definition) is 2. The zero-order chi connectivity index (χ0) is 20.3. The summed E-state index contributed by atoms with van der Waals surface area (Å²) in [6.45, 7) is 10.1. The summed E-state index contributed by atoms with van der Waals surface area (Å²) in [5.41, 5.74) is 11.4. The van der Waals surface area contributed by atoms with E-state index in [1.165, 1.54) is 0 Å². The third-order valence-corrected chi connectivity index (χ3v) is 5.34. The molecule has 1 heterocycles. The normalized spacial score (nSPS) is 16.9. The highest BCUT2D eigenvalue weighted by Crippen LogP contribution is 2.34. The van der Waals surface area contributed by atoms with Crippen molar-refractivity contribution in [2.75, 3.05) is 17.6 Å². The van der Waals surface area contributed by atoms with E-state index in [9.17, 15) is 4.79 Å². The standard InChI is InChI=1S/C24H33N3O/c1-16(2)10-11-27-15-19-13-20(18-8-6-5-7-9-18)21(25)14-22(19)26-23(24(27)28)12-17(3)4/h5-9,13-14,16-17,23,26H,10-12,15,25H2,1-4H3/t23-/m1/s1. The molecule has 0 aliphatic carbocycles. The summed E-state index contributed by atoms with van der Waals surface area (Å²) in [6, 6.07) is 14.2. The van der Waals surface area contributed by atoms with Gasteiger partial charge in [0, 0.05) is 30.0 Å². The minimum atomic E-state index is -0.199. The second-order valence-corrected chi connectivity index (χ2v) is 8.73. The number of amides is 1. The molecule has 0 spiro atoms. The van der Waals surface area contributed by atoms with Crippen LogP contribution in [-0.4, -0.2) is 23.4 Å². The maximum atomic E-state index is 13.2. The zero-order valence-electron chi connectivity index (χ0n) is 17.5. The Morgan fingerprint density at radius 3 is 2.46 bits per heavy atom. The van der Waals surface area contributed by atoms with Gasteiger partial charge in [-0.25, -0.2) is 0 Å². The zero-order valence-corrected chi connectivity index (χ0v) is 17.5. The number of carbonyl (C=O) groups is 1. The lowest BCUT2D eigenvalue weighted by atomic mass is 9.99. The SMILES string of the molecule is CC(C)CCN1Cc2cc(-c3ccccc3)c(N)cc2N[C@H](CC(C)C)C1=O. The van der Waals surface area contributed by atoms with Crippen molar-refractivity contribution in [1.29, 1.82) is 0 Å². The van der Waals surface area contributed by atoms with Crippen molar-refractivity contribution in [1.82, 2.24) is 4.90 Å². The van der Waals surface area contributed by atoms with Crippen molar-refractivity contribution < 1.29 is 4.79 Å². The first-order valence-corrected chi connectivity index (χ1v) is 10.4. The predicted molar refractivity (Wildman–Crippen MR) is 118 cm³/mol. The van der Waals surface area contributed by atoms with E-state index < -0.39 is 0 Å². The molecule has 1 amide bonds. The number of nitrogens with one attached hydrogen (secondary N) is 1. The number of fused-ring (bicyclic) bond motifs is 1. The number of benzene rings is 2. The van der Waals surface area contributed by atoms with Gasteiger partial charge >= 0.3 is 0 Å². The Kier molecular flexibility index (Phi) is 6.28. The van der Waals surface area contributed by atoms with Crippen molar-refractivity contribution in [3.8, 4) is 11.1 Å². The average molecular weight is 380 g/mol. The molecule has 1 atom stereocenters. The smallest absolute Gasteiger partial charge is 0.245 e. The van der Waals surface area contributed by atoms with Gasteiger partial charge in [-0.05, 0) is 47.9 Å². The van der Waals surface area contributed by atoms with Gasteiger partial charge in [0.2, 0.25) is 5.91 Å². The fourth-order valence-electron chi connectivity index (χ4n) is 3.78. The fraction of sp³-hybridized carbons (Fsp3) is 0.458. The number of anilines is 2. The van der Waals surface area contributed by atoms with E-state index in [0.717, 1.165) is 47.5 Å². The van der Waals surface area contributed by atoms with Crippen LogP contribution in [-0.2, 0) is 11.3 Å². The average Bonchev–Trinajstić information content (AvgIpc) is 2.77. The molecule has 0 radical (unpaired) electrons. The van der Waals surface area contributed by atoms with Crippen LogP contribution in [0.5, 0.6) is 0 Å². The summed E-state index contributed by atoms with van der Waals surface area (Å²) < 4.78 is 0. The van der Waals surface area contributed by atoms with Gasteiger partial charge in [0.25, 0.3) is 0 Å². The third kappa shape index (κ3) is 4.67. The molecule has 0 fully saturated rings. The lowest BCUT2D eigenvalue weighted by Crippen LogP contribution is -2.41. The fourth-order valence-corrected chi connectivity index (χ4v) is 3.78. The van der Waals surface area contributed by atoms with Gasteiger partial charge in [-0.3, -0.25) is 4.79 Å². The number of nitrogens with two attached hydrogens (primary N) is 1. The second-order valence-electron chi connectivity index (χ2n) is 8.73. The summed E-state index contributed by atoms with van der Waals surface area (Å²) in [5.74, 6) is 1.21. The largest absolute Gasteiger partial charge is 0.398 e. The van der Waals surface area contributed by atoms with E-state index in [-0.39, 0.29) is 11.9 Å². The van der Waals surface area contributed by atoms with E-state index >= 15 is 0 Å². The highest BCUT2D eigenvalue weighted by atomic mass is 16.2. The minimum absolute atomic E-state index is 0.199. The summed E-state index contributed by atoms with van der Waals surface area (Å²) in [6.07, 6.45) is 1.83. The summed E-state index contributed by atoms with van der Waals surface area (Å²) in [4.78, 5) is 15.3. The Bertz CT molecular complexity index is 814. The molecule has 4 nitrogen and oxygen atoms in total. The number of nitrogen functional groups attached to an aromatic ring is 1. The van der Waals surface area contributed by atoms with Crippen LogP contribution < -0.4 is 11.1 Å². The van der Waals surface area contributed by atoms with Gasteiger partial charge in [0.1, 0.15) is 6.04 Å². The van der Waals surface area contributed by atoms with Crippen LogP contribution in [0.15, 0.2) is 42.5 Å². The molecule has 0 saturated heterocycles. The van der Waals surface area contributed by atoms with Gasteiger partial charge < -0.3 is 16.0 Å². The van der Waals surface area contributed by atoms with Gasteiger partial charge in [-0.1, -0.05) is 58.0 Å². The molecule has 150 valence electrons. The van der Waals surface area contributed by atoms with Crippen LogP contribution in [0.3, 0.4) is 0 Å². The van der Waals surface area contributed by atoms with E-state index in [0.29, 0.717) is 18.4 Å². The third-order valence-electron chi connectivity index (χ3n) is 5.34. The molecule has 28 heavy (non-hydrogen) atoms. The number of nitrogens with zero attached hydrogens (tertiary/aromatic N) is 1. The molecule has 2 aromatic carbocycles. The quantitative estimate of drug-likeness (QED) is 0.682. The lowest BCUT2D eigenvalue weighted by Gasteiger charge is -2.26. The number of carbonyl (C=O) groups excluding carboxylic acids is 1.